The Morgan fingerprint density at radius 1 is 1.32 bits per heavy atom. The molecule has 31 heavy (non-hydrogen) atoms. The number of carbonyl (C=O) groups is 1. The lowest BCUT2D eigenvalue weighted by molar-refractivity contribution is 0.0698. The molecule has 1 atom stereocenters. The first-order chi connectivity index (χ1) is 14.7. The summed E-state index contributed by atoms with van der Waals surface area (Å²) in [4.78, 5) is 14.5. The molecule has 0 amide bonds. The Bertz CT molecular complexity index is 950. The van der Waals surface area contributed by atoms with Gasteiger partial charge in [0.25, 0.3) is 0 Å². The smallest absolute Gasteiger partial charge is 0.336 e. The van der Waals surface area contributed by atoms with E-state index in [2.05, 4.69) is 45.8 Å². The molecule has 0 aliphatic carbocycles. The fraction of sp³-hybridized carbons (Fsp3) is 0.636. The first kappa shape index (κ1) is 22.9. The zero-order chi connectivity index (χ0) is 22.2. The second kappa shape index (κ2) is 9.31. The molecule has 3 aliphatic heterocycles. The number of hydrogen-bond acceptors (Lipinski definition) is 5. The SMILES string of the molecule is C[Si](C)(C)CCOCn1nc(CNC2CN3CCC2CC3)c2c(C(=O)O)cc(Br)cc21. The van der Waals surface area contributed by atoms with Crippen molar-refractivity contribution in [2.45, 2.75) is 57.8 Å². The van der Waals surface area contributed by atoms with Crippen molar-refractivity contribution >= 4 is 40.9 Å². The fourth-order valence-electron chi connectivity index (χ4n) is 4.69. The summed E-state index contributed by atoms with van der Waals surface area (Å²) in [6.07, 6.45) is 2.48. The van der Waals surface area contributed by atoms with Crippen molar-refractivity contribution in [2.75, 3.05) is 26.2 Å². The predicted molar refractivity (Wildman–Crippen MR) is 128 cm³/mol. The molecule has 2 aromatic rings. The van der Waals surface area contributed by atoms with Gasteiger partial charge in [-0.2, -0.15) is 5.10 Å². The van der Waals surface area contributed by atoms with Crippen LogP contribution in [0.1, 0.15) is 28.9 Å². The minimum atomic E-state index is -1.17. The van der Waals surface area contributed by atoms with E-state index in [1.807, 2.05) is 10.7 Å². The van der Waals surface area contributed by atoms with Gasteiger partial charge in [0, 0.05) is 43.7 Å². The highest BCUT2D eigenvalue weighted by Crippen LogP contribution is 2.30. The molecule has 2 bridgehead atoms. The number of rotatable bonds is 9. The van der Waals surface area contributed by atoms with E-state index in [4.69, 9.17) is 9.84 Å². The van der Waals surface area contributed by atoms with Crippen LogP contribution in [0.5, 0.6) is 0 Å². The van der Waals surface area contributed by atoms with Gasteiger partial charge in [-0.15, -0.1) is 0 Å². The lowest BCUT2D eigenvalue weighted by atomic mass is 9.84. The van der Waals surface area contributed by atoms with Crippen molar-refractivity contribution < 1.29 is 14.6 Å². The van der Waals surface area contributed by atoms with Crippen molar-refractivity contribution in [1.82, 2.24) is 20.0 Å². The highest BCUT2D eigenvalue weighted by atomic mass is 79.9. The van der Waals surface area contributed by atoms with Crippen molar-refractivity contribution in [2.24, 2.45) is 5.92 Å². The van der Waals surface area contributed by atoms with Crippen LogP contribution in [0.4, 0.5) is 0 Å². The number of carboxylic acids is 1. The topological polar surface area (TPSA) is 79.6 Å². The Morgan fingerprint density at radius 3 is 2.68 bits per heavy atom. The second-order valence-electron chi connectivity index (χ2n) is 10.1. The number of nitrogens with one attached hydrogen (secondary N) is 1. The molecule has 5 rings (SSSR count). The Morgan fingerprint density at radius 2 is 2.06 bits per heavy atom. The van der Waals surface area contributed by atoms with Crippen LogP contribution in [-0.2, 0) is 18.0 Å². The van der Waals surface area contributed by atoms with Gasteiger partial charge in [-0.1, -0.05) is 35.6 Å². The standard InChI is InChI=1S/C22H33BrN4O3Si/c1-31(2,3)9-8-30-14-27-20-11-16(23)10-17(22(28)29)21(20)18(25-27)12-24-19-13-26-6-4-15(19)5-7-26/h10-11,15,19,24H,4-9,12-14H2,1-3H3,(H,28,29). The average Bonchev–Trinajstić information content (AvgIpc) is 3.06. The van der Waals surface area contributed by atoms with Crippen molar-refractivity contribution in [3.05, 3.63) is 27.9 Å². The fourth-order valence-corrected chi connectivity index (χ4v) is 5.90. The number of piperidine rings is 3. The van der Waals surface area contributed by atoms with Crippen LogP contribution >= 0.6 is 15.9 Å². The average molecular weight is 510 g/mol. The number of halogens is 1. The predicted octanol–water partition coefficient (Wildman–Crippen LogP) is 3.99. The van der Waals surface area contributed by atoms with E-state index < -0.39 is 14.0 Å². The summed E-state index contributed by atoms with van der Waals surface area (Å²) in [6, 6.07) is 5.14. The molecule has 3 fully saturated rings. The summed E-state index contributed by atoms with van der Waals surface area (Å²) in [6.45, 7) is 12.0. The van der Waals surface area contributed by atoms with Gasteiger partial charge in [-0.05, 0) is 50.0 Å². The molecule has 3 saturated heterocycles. The number of nitrogens with zero attached hydrogens (tertiary/aromatic N) is 3. The second-order valence-corrected chi connectivity index (χ2v) is 16.6. The van der Waals surface area contributed by atoms with Crippen LogP contribution in [0.25, 0.3) is 10.9 Å². The maximum absolute atomic E-state index is 12.0. The van der Waals surface area contributed by atoms with Crippen LogP contribution in [0.3, 0.4) is 0 Å². The van der Waals surface area contributed by atoms with E-state index in [9.17, 15) is 9.90 Å². The Hall–Kier alpha value is -1.26. The highest BCUT2D eigenvalue weighted by Gasteiger charge is 2.34. The Balaban J connectivity index is 1.56. The van der Waals surface area contributed by atoms with Gasteiger partial charge >= 0.3 is 5.97 Å². The molecule has 1 unspecified atom stereocenters. The van der Waals surface area contributed by atoms with Crippen LogP contribution in [0.2, 0.25) is 25.7 Å². The molecule has 170 valence electrons. The molecule has 9 heteroatoms. The van der Waals surface area contributed by atoms with Crippen LogP contribution in [0.15, 0.2) is 16.6 Å². The van der Waals surface area contributed by atoms with E-state index in [1.165, 1.54) is 25.9 Å². The third kappa shape index (κ3) is 5.39. The maximum Gasteiger partial charge on any atom is 0.336 e. The number of fused-ring (bicyclic) bond motifs is 4. The molecule has 3 aliphatic rings. The number of benzene rings is 1. The third-order valence-electron chi connectivity index (χ3n) is 6.52. The molecular formula is C22H33BrN4O3Si. The van der Waals surface area contributed by atoms with Crippen molar-refractivity contribution in [1.29, 1.82) is 0 Å². The van der Waals surface area contributed by atoms with E-state index in [-0.39, 0.29) is 5.56 Å². The zero-order valence-electron chi connectivity index (χ0n) is 18.7. The van der Waals surface area contributed by atoms with Crippen molar-refractivity contribution in [3.8, 4) is 0 Å². The first-order valence-corrected chi connectivity index (χ1v) is 15.7. The van der Waals surface area contributed by atoms with E-state index in [0.29, 0.717) is 37.2 Å². The van der Waals surface area contributed by atoms with Gasteiger partial charge in [0.15, 0.2) is 0 Å². The summed E-state index contributed by atoms with van der Waals surface area (Å²) in [5.41, 5.74) is 1.86. The van der Waals surface area contributed by atoms with E-state index in [0.717, 1.165) is 28.3 Å². The quantitative estimate of drug-likeness (QED) is 0.393. The van der Waals surface area contributed by atoms with Crippen LogP contribution in [-0.4, -0.2) is 66.1 Å². The molecular weight excluding hydrogens is 476 g/mol. The summed E-state index contributed by atoms with van der Waals surface area (Å²) < 4.78 is 8.48. The largest absolute Gasteiger partial charge is 0.478 e. The molecule has 0 spiro atoms. The van der Waals surface area contributed by atoms with Crippen molar-refractivity contribution in [3.63, 3.8) is 0 Å². The number of aromatic carboxylic acids is 1. The number of aromatic nitrogens is 2. The Labute approximate surface area is 193 Å². The number of ether oxygens (including phenoxy) is 1. The summed E-state index contributed by atoms with van der Waals surface area (Å²) in [7, 11) is -1.17. The van der Waals surface area contributed by atoms with Gasteiger partial charge in [-0.3, -0.25) is 0 Å². The van der Waals surface area contributed by atoms with Crippen LogP contribution < -0.4 is 5.32 Å². The zero-order valence-corrected chi connectivity index (χ0v) is 21.2. The summed E-state index contributed by atoms with van der Waals surface area (Å²) in [5.74, 6) is -0.231. The Kier molecular flexibility index (Phi) is 6.88. The van der Waals surface area contributed by atoms with E-state index in [1.54, 1.807) is 6.07 Å². The summed E-state index contributed by atoms with van der Waals surface area (Å²) >= 11 is 3.47. The van der Waals surface area contributed by atoms with Gasteiger partial charge in [0.05, 0.1) is 16.8 Å². The number of carboxylic acid groups (broad SMARTS) is 1. The lowest BCUT2D eigenvalue weighted by Gasteiger charge is -2.45. The lowest BCUT2D eigenvalue weighted by Crippen LogP contribution is -2.55. The molecule has 0 saturated carbocycles. The number of hydrogen-bond donors (Lipinski definition) is 2. The molecule has 0 radical (unpaired) electrons. The highest BCUT2D eigenvalue weighted by molar-refractivity contribution is 9.10. The normalized spacial score (nSPS) is 23.5. The summed E-state index contributed by atoms with van der Waals surface area (Å²) in [5, 5.41) is 19.0. The molecule has 2 N–H and O–H groups in total. The minimum absolute atomic E-state index is 0.281. The van der Waals surface area contributed by atoms with Gasteiger partial charge in [0.2, 0.25) is 0 Å². The monoisotopic (exact) mass is 508 g/mol. The van der Waals surface area contributed by atoms with Gasteiger partial charge in [0.1, 0.15) is 6.73 Å². The molecule has 4 heterocycles. The van der Waals surface area contributed by atoms with Crippen LogP contribution in [0, 0.1) is 5.92 Å². The molecule has 7 nitrogen and oxygen atoms in total. The first-order valence-electron chi connectivity index (χ1n) is 11.2. The van der Waals surface area contributed by atoms with Gasteiger partial charge < -0.3 is 20.1 Å². The molecule has 1 aromatic carbocycles. The third-order valence-corrected chi connectivity index (χ3v) is 8.68. The molecule has 1 aromatic heterocycles. The van der Waals surface area contributed by atoms with E-state index >= 15 is 0 Å². The van der Waals surface area contributed by atoms with Gasteiger partial charge in [-0.25, -0.2) is 9.48 Å². The minimum Gasteiger partial charge on any atom is -0.478 e. The maximum atomic E-state index is 12.0.